The molecule has 0 aliphatic carbocycles. The standard InChI is InChI=1S/C21H26N4O2/c1-26-19-7-6-15(11-20(19)27-2)13-25-10-8-17-16(14-25)12-23-21(24-17)18-5-3-4-9-22-18/h6-7,11-12H,3-5,8-10,13-14H2,1-2H3. The van der Waals surface area contributed by atoms with Crippen LogP contribution in [0.3, 0.4) is 0 Å². The summed E-state index contributed by atoms with van der Waals surface area (Å²) in [6.07, 6.45) is 6.32. The summed E-state index contributed by atoms with van der Waals surface area (Å²) in [4.78, 5) is 16.5. The van der Waals surface area contributed by atoms with Gasteiger partial charge in [0.1, 0.15) is 0 Å². The number of aromatic nitrogens is 2. The van der Waals surface area contributed by atoms with Crippen molar-refractivity contribution in [3.8, 4) is 11.5 Å². The van der Waals surface area contributed by atoms with Crippen molar-refractivity contribution in [3.63, 3.8) is 0 Å². The highest BCUT2D eigenvalue weighted by molar-refractivity contribution is 5.97. The molecule has 0 fully saturated rings. The Labute approximate surface area is 160 Å². The van der Waals surface area contributed by atoms with Gasteiger partial charge in [-0.3, -0.25) is 9.89 Å². The summed E-state index contributed by atoms with van der Waals surface area (Å²) in [5, 5.41) is 0. The summed E-state index contributed by atoms with van der Waals surface area (Å²) in [5.41, 5.74) is 4.70. The van der Waals surface area contributed by atoms with Crippen LogP contribution >= 0.6 is 0 Å². The van der Waals surface area contributed by atoms with E-state index in [2.05, 4.69) is 27.0 Å². The van der Waals surface area contributed by atoms with E-state index in [-0.39, 0.29) is 0 Å². The first kappa shape index (κ1) is 17.9. The van der Waals surface area contributed by atoms with Crippen molar-refractivity contribution in [2.45, 2.75) is 38.8 Å². The Kier molecular flexibility index (Phi) is 5.34. The smallest absolute Gasteiger partial charge is 0.173 e. The molecule has 142 valence electrons. The zero-order valence-corrected chi connectivity index (χ0v) is 16.1. The fourth-order valence-corrected chi connectivity index (χ4v) is 3.77. The third kappa shape index (κ3) is 3.95. The van der Waals surface area contributed by atoms with Gasteiger partial charge in [-0.25, -0.2) is 9.97 Å². The number of ether oxygens (including phenoxy) is 2. The fraction of sp³-hybridized carbons (Fsp3) is 0.476. The van der Waals surface area contributed by atoms with E-state index in [1.54, 1.807) is 14.2 Å². The van der Waals surface area contributed by atoms with Crippen molar-refractivity contribution in [1.82, 2.24) is 14.9 Å². The van der Waals surface area contributed by atoms with E-state index < -0.39 is 0 Å². The summed E-state index contributed by atoms with van der Waals surface area (Å²) >= 11 is 0. The van der Waals surface area contributed by atoms with Gasteiger partial charge >= 0.3 is 0 Å². The van der Waals surface area contributed by atoms with Crippen LogP contribution in [0.1, 0.15) is 41.9 Å². The number of fused-ring (bicyclic) bond motifs is 1. The average molecular weight is 366 g/mol. The number of aliphatic imine (C=N–C) groups is 1. The maximum absolute atomic E-state index is 5.42. The van der Waals surface area contributed by atoms with Crippen LogP contribution in [0.5, 0.6) is 11.5 Å². The van der Waals surface area contributed by atoms with Crippen LogP contribution in [-0.2, 0) is 19.5 Å². The molecule has 6 heteroatoms. The zero-order valence-electron chi connectivity index (χ0n) is 16.1. The van der Waals surface area contributed by atoms with Gasteiger partial charge in [0, 0.05) is 44.4 Å². The molecule has 0 N–H and O–H groups in total. The Morgan fingerprint density at radius 2 is 1.96 bits per heavy atom. The highest BCUT2D eigenvalue weighted by Gasteiger charge is 2.20. The van der Waals surface area contributed by atoms with E-state index in [1.165, 1.54) is 29.7 Å². The van der Waals surface area contributed by atoms with E-state index in [0.717, 1.165) is 62.1 Å². The van der Waals surface area contributed by atoms with Crippen molar-refractivity contribution in [3.05, 3.63) is 47.0 Å². The third-order valence-corrected chi connectivity index (χ3v) is 5.25. The highest BCUT2D eigenvalue weighted by Crippen LogP contribution is 2.29. The average Bonchev–Trinajstić information content (AvgIpc) is 2.74. The SMILES string of the molecule is COc1ccc(CN2CCc3nc(C4=NCCCC4)ncc3C2)cc1OC. The Hall–Kier alpha value is -2.47. The molecule has 0 atom stereocenters. The maximum atomic E-state index is 5.42. The van der Waals surface area contributed by atoms with Crippen molar-refractivity contribution in [2.24, 2.45) is 4.99 Å². The van der Waals surface area contributed by atoms with E-state index in [4.69, 9.17) is 14.5 Å². The number of benzene rings is 1. The molecule has 0 saturated carbocycles. The van der Waals surface area contributed by atoms with E-state index >= 15 is 0 Å². The summed E-state index contributed by atoms with van der Waals surface area (Å²) in [7, 11) is 3.33. The summed E-state index contributed by atoms with van der Waals surface area (Å²) < 4.78 is 10.7. The third-order valence-electron chi connectivity index (χ3n) is 5.25. The topological polar surface area (TPSA) is 59.8 Å². The first-order chi connectivity index (χ1) is 13.3. The van der Waals surface area contributed by atoms with Crippen LogP contribution < -0.4 is 9.47 Å². The molecule has 0 bridgehead atoms. The fourth-order valence-electron chi connectivity index (χ4n) is 3.77. The minimum atomic E-state index is 0.761. The van der Waals surface area contributed by atoms with Gasteiger partial charge in [0.25, 0.3) is 0 Å². The summed E-state index contributed by atoms with van der Waals surface area (Å²) in [6.45, 7) is 3.64. The van der Waals surface area contributed by atoms with Gasteiger partial charge < -0.3 is 9.47 Å². The lowest BCUT2D eigenvalue weighted by Crippen LogP contribution is -2.31. The Morgan fingerprint density at radius 1 is 1.07 bits per heavy atom. The van der Waals surface area contributed by atoms with E-state index in [0.29, 0.717) is 0 Å². The number of methoxy groups -OCH3 is 2. The van der Waals surface area contributed by atoms with Crippen molar-refractivity contribution in [2.75, 3.05) is 27.3 Å². The molecule has 2 aliphatic rings. The van der Waals surface area contributed by atoms with Crippen molar-refractivity contribution in [1.29, 1.82) is 0 Å². The molecule has 3 heterocycles. The number of hydrogen-bond donors (Lipinski definition) is 0. The largest absolute Gasteiger partial charge is 0.493 e. The van der Waals surface area contributed by atoms with Gasteiger partial charge in [0.05, 0.1) is 25.6 Å². The summed E-state index contributed by atoms with van der Waals surface area (Å²) in [5.74, 6) is 2.37. The van der Waals surface area contributed by atoms with Crippen LogP contribution in [0.2, 0.25) is 0 Å². The molecular weight excluding hydrogens is 340 g/mol. The molecule has 4 rings (SSSR count). The normalized spacial score (nSPS) is 17.2. The Balaban J connectivity index is 1.46. The Bertz CT molecular complexity index is 850. The molecule has 1 aromatic heterocycles. The predicted octanol–water partition coefficient (Wildman–Crippen LogP) is 3.03. The zero-order chi connectivity index (χ0) is 18.6. The molecule has 2 aromatic rings. The van der Waals surface area contributed by atoms with Gasteiger partial charge in [-0.1, -0.05) is 6.07 Å². The molecule has 6 nitrogen and oxygen atoms in total. The number of nitrogens with zero attached hydrogens (tertiary/aromatic N) is 4. The van der Waals surface area contributed by atoms with Crippen LogP contribution in [0, 0.1) is 0 Å². The van der Waals surface area contributed by atoms with E-state index in [1.807, 2.05) is 12.3 Å². The molecule has 0 amide bonds. The molecule has 0 unspecified atom stereocenters. The molecule has 1 aromatic carbocycles. The lowest BCUT2D eigenvalue weighted by Gasteiger charge is -2.28. The highest BCUT2D eigenvalue weighted by atomic mass is 16.5. The Morgan fingerprint density at radius 3 is 2.74 bits per heavy atom. The van der Waals surface area contributed by atoms with Crippen LogP contribution in [-0.4, -0.2) is 47.9 Å². The van der Waals surface area contributed by atoms with Gasteiger partial charge in [-0.15, -0.1) is 0 Å². The monoisotopic (exact) mass is 366 g/mol. The minimum Gasteiger partial charge on any atom is -0.493 e. The maximum Gasteiger partial charge on any atom is 0.173 e. The minimum absolute atomic E-state index is 0.761. The van der Waals surface area contributed by atoms with Crippen LogP contribution in [0.4, 0.5) is 0 Å². The molecule has 0 saturated heterocycles. The number of rotatable bonds is 5. The molecule has 2 aliphatic heterocycles. The second-order valence-electron chi connectivity index (χ2n) is 7.10. The lowest BCUT2D eigenvalue weighted by molar-refractivity contribution is 0.242. The summed E-state index contributed by atoms with van der Waals surface area (Å²) in [6, 6.07) is 6.11. The second kappa shape index (κ2) is 8.05. The second-order valence-corrected chi connectivity index (χ2v) is 7.10. The quantitative estimate of drug-likeness (QED) is 0.814. The van der Waals surface area contributed by atoms with Crippen molar-refractivity contribution < 1.29 is 9.47 Å². The van der Waals surface area contributed by atoms with Gasteiger partial charge in [-0.2, -0.15) is 0 Å². The van der Waals surface area contributed by atoms with Crippen molar-refractivity contribution >= 4 is 5.71 Å². The number of hydrogen-bond acceptors (Lipinski definition) is 6. The van der Waals surface area contributed by atoms with Crippen LogP contribution in [0.25, 0.3) is 0 Å². The van der Waals surface area contributed by atoms with Gasteiger partial charge in [-0.05, 0) is 37.0 Å². The van der Waals surface area contributed by atoms with E-state index in [9.17, 15) is 0 Å². The first-order valence-corrected chi connectivity index (χ1v) is 9.58. The molecule has 27 heavy (non-hydrogen) atoms. The molecule has 0 radical (unpaired) electrons. The first-order valence-electron chi connectivity index (χ1n) is 9.58. The molecule has 0 spiro atoms. The van der Waals surface area contributed by atoms with Crippen LogP contribution in [0.15, 0.2) is 29.4 Å². The van der Waals surface area contributed by atoms with Gasteiger partial charge in [0.15, 0.2) is 17.3 Å². The van der Waals surface area contributed by atoms with Gasteiger partial charge in [0.2, 0.25) is 0 Å². The lowest BCUT2D eigenvalue weighted by atomic mass is 10.0. The predicted molar refractivity (Wildman–Crippen MR) is 105 cm³/mol. The molecular formula is C21H26N4O2.